The molecule has 158 valence electrons. The van der Waals surface area contributed by atoms with Crippen LogP contribution in [-0.2, 0) is 9.53 Å². The van der Waals surface area contributed by atoms with Crippen molar-refractivity contribution in [1.29, 1.82) is 0 Å². The Labute approximate surface area is 185 Å². The summed E-state index contributed by atoms with van der Waals surface area (Å²) in [6.45, 7) is 1.49. The lowest BCUT2D eigenvalue weighted by atomic mass is 10.0. The number of pyridine rings is 1. The van der Waals surface area contributed by atoms with Gasteiger partial charge in [0.2, 0.25) is 18.0 Å². The SMILES string of the molecule is COc1ccc(-c2cc(C3OC(c4ccccc4)=NN3C(C)=O)c3ccccc3n2)cc1. The predicted octanol–water partition coefficient (Wildman–Crippen LogP) is 5.15. The number of hydrogen-bond donors (Lipinski definition) is 0. The normalized spacial score (nSPS) is 15.4. The molecule has 0 spiro atoms. The summed E-state index contributed by atoms with van der Waals surface area (Å²) >= 11 is 0. The highest BCUT2D eigenvalue weighted by atomic mass is 16.5. The summed E-state index contributed by atoms with van der Waals surface area (Å²) in [5, 5.41) is 6.79. The van der Waals surface area contributed by atoms with Gasteiger partial charge in [-0.05, 0) is 48.5 Å². The second-order valence-electron chi connectivity index (χ2n) is 7.45. The number of nitrogens with zero attached hydrogens (tertiary/aromatic N) is 3. The summed E-state index contributed by atoms with van der Waals surface area (Å²) in [7, 11) is 1.64. The van der Waals surface area contributed by atoms with Crippen LogP contribution in [0.3, 0.4) is 0 Å². The molecule has 1 aliphatic rings. The Hall–Kier alpha value is -4.19. The van der Waals surface area contributed by atoms with Crippen molar-refractivity contribution in [2.24, 2.45) is 5.10 Å². The highest BCUT2D eigenvalue weighted by Gasteiger charge is 2.34. The smallest absolute Gasteiger partial charge is 0.243 e. The third kappa shape index (κ3) is 3.56. The van der Waals surface area contributed by atoms with Gasteiger partial charge in [-0.1, -0.05) is 36.4 Å². The van der Waals surface area contributed by atoms with Gasteiger partial charge in [-0.25, -0.2) is 4.98 Å². The maximum Gasteiger partial charge on any atom is 0.243 e. The van der Waals surface area contributed by atoms with Gasteiger partial charge in [0.1, 0.15) is 5.75 Å². The number of fused-ring (bicyclic) bond motifs is 1. The van der Waals surface area contributed by atoms with E-state index in [1.165, 1.54) is 11.9 Å². The van der Waals surface area contributed by atoms with Crippen molar-refractivity contribution in [2.45, 2.75) is 13.2 Å². The molecule has 0 bridgehead atoms. The number of benzene rings is 3. The van der Waals surface area contributed by atoms with Crippen molar-refractivity contribution in [3.05, 3.63) is 96.1 Å². The van der Waals surface area contributed by atoms with Gasteiger partial charge >= 0.3 is 0 Å². The molecule has 6 heteroatoms. The largest absolute Gasteiger partial charge is 0.497 e. The summed E-state index contributed by atoms with van der Waals surface area (Å²) < 4.78 is 11.5. The number of methoxy groups -OCH3 is 1. The molecule has 0 radical (unpaired) electrons. The standard InChI is InChI=1S/C26H21N3O3/c1-17(30)29-26(32-25(28-29)19-8-4-3-5-9-19)22-16-24(18-12-14-20(31-2)15-13-18)27-23-11-7-6-10-21(22)23/h3-16,26H,1-2H3. The molecule has 0 saturated carbocycles. The van der Waals surface area contributed by atoms with Gasteiger partial charge in [0.25, 0.3) is 0 Å². The summed E-state index contributed by atoms with van der Waals surface area (Å²) in [5.74, 6) is 0.989. The maximum atomic E-state index is 12.5. The molecule has 0 aliphatic carbocycles. The first kappa shape index (κ1) is 19.8. The molecule has 1 unspecified atom stereocenters. The molecule has 3 aromatic carbocycles. The van der Waals surface area contributed by atoms with E-state index in [2.05, 4.69) is 5.10 Å². The van der Waals surface area contributed by atoms with Crippen LogP contribution in [0.1, 0.15) is 24.3 Å². The minimum Gasteiger partial charge on any atom is -0.497 e. The minimum atomic E-state index is -0.687. The summed E-state index contributed by atoms with van der Waals surface area (Å²) in [5.41, 5.74) is 4.17. The molecule has 2 heterocycles. The number of aromatic nitrogens is 1. The number of carbonyl (C=O) groups excluding carboxylic acids is 1. The van der Waals surface area contributed by atoms with Crippen LogP contribution in [0.5, 0.6) is 5.75 Å². The Morgan fingerprint density at radius 3 is 2.38 bits per heavy atom. The Kier molecular flexibility index (Phi) is 5.03. The first-order chi connectivity index (χ1) is 15.6. The molecule has 1 atom stereocenters. The lowest BCUT2D eigenvalue weighted by molar-refractivity contribution is -0.135. The van der Waals surface area contributed by atoms with Crippen LogP contribution in [0.25, 0.3) is 22.2 Å². The summed E-state index contributed by atoms with van der Waals surface area (Å²) in [6, 6.07) is 27.1. The molecule has 6 nitrogen and oxygen atoms in total. The Balaban J connectivity index is 1.63. The van der Waals surface area contributed by atoms with E-state index in [1.807, 2.05) is 84.9 Å². The van der Waals surface area contributed by atoms with Crippen LogP contribution in [0.4, 0.5) is 0 Å². The zero-order valence-electron chi connectivity index (χ0n) is 17.7. The molecule has 0 fully saturated rings. The summed E-state index contributed by atoms with van der Waals surface area (Å²) in [6.07, 6.45) is -0.687. The zero-order chi connectivity index (χ0) is 22.1. The second-order valence-corrected chi connectivity index (χ2v) is 7.45. The lowest BCUT2D eigenvalue weighted by Crippen LogP contribution is -2.25. The number of rotatable bonds is 4. The number of hydrazone groups is 1. The molecule has 0 saturated heterocycles. The highest BCUT2D eigenvalue weighted by molar-refractivity contribution is 5.97. The van der Waals surface area contributed by atoms with Crippen LogP contribution < -0.4 is 4.74 Å². The van der Waals surface area contributed by atoms with Crippen LogP contribution >= 0.6 is 0 Å². The molecular weight excluding hydrogens is 402 g/mol. The lowest BCUT2D eigenvalue weighted by Gasteiger charge is -2.21. The van der Waals surface area contributed by atoms with Crippen LogP contribution in [-0.4, -0.2) is 28.9 Å². The van der Waals surface area contributed by atoms with Crippen molar-refractivity contribution in [3.63, 3.8) is 0 Å². The van der Waals surface area contributed by atoms with Crippen molar-refractivity contribution in [1.82, 2.24) is 9.99 Å². The van der Waals surface area contributed by atoms with Crippen LogP contribution in [0, 0.1) is 0 Å². The van der Waals surface area contributed by atoms with E-state index < -0.39 is 6.23 Å². The van der Waals surface area contributed by atoms with Gasteiger partial charge in [-0.15, -0.1) is 5.10 Å². The predicted molar refractivity (Wildman–Crippen MR) is 123 cm³/mol. The van der Waals surface area contributed by atoms with Crippen molar-refractivity contribution in [3.8, 4) is 17.0 Å². The summed E-state index contributed by atoms with van der Waals surface area (Å²) in [4.78, 5) is 17.3. The third-order valence-corrected chi connectivity index (χ3v) is 5.39. The zero-order valence-corrected chi connectivity index (χ0v) is 17.7. The minimum absolute atomic E-state index is 0.201. The van der Waals surface area contributed by atoms with E-state index >= 15 is 0 Å². The fraction of sp³-hybridized carbons (Fsp3) is 0.115. The molecule has 4 aromatic rings. The van der Waals surface area contributed by atoms with E-state index in [9.17, 15) is 4.79 Å². The quantitative estimate of drug-likeness (QED) is 0.455. The molecule has 0 N–H and O–H groups in total. The number of amides is 1. The average Bonchev–Trinajstić information content (AvgIpc) is 3.30. The Morgan fingerprint density at radius 1 is 0.938 bits per heavy atom. The number of ether oxygens (including phenoxy) is 2. The molecule has 1 amide bonds. The monoisotopic (exact) mass is 423 g/mol. The number of carbonyl (C=O) groups is 1. The first-order valence-electron chi connectivity index (χ1n) is 10.3. The van der Waals surface area contributed by atoms with Gasteiger partial charge in [0.05, 0.1) is 18.3 Å². The highest BCUT2D eigenvalue weighted by Crippen LogP contribution is 2.36. The molecule has 5 rings (SSSR count). The molecular formula is C26H21N3O3. The van der Waals surface area contributed by atoms with Crippen molar-refractivity contribution < 1.29 is 14.3 Å². The number of hydrogen-bond acceptors (Lipinski definition) is 5. The van der Waals surface area contributed by atoms with E-state index in [-0.39, 0.29) is 5.91 Å². The van der Waals surface area contributed by atoms with Crippen molar-refractivity contribution in [2.75, 3.05) is 7.11 Å². The van der Waals surface area contributed by atoms with Gasteiger partial charge in [0.15, 0.2) is 0 Å². The fourth-order valence-electron chi connectivity index (χ4n) is 3.78. The maximum absolute atomic E-state index is 12.5. The molecule has 1 aromatic heterocycles. The molecule has 32 heavy (non-hydrogen) atoms. The van der Waals surface area contributed by atoms with E-state index in [1.54, 1.807) is 7.11 Å². The Bertz CT molecular complexity index is 1320. The Morgan fingerprint density at radius 2 is 1.66 bits per heavy atom. The van der Waals surface area contributed by atoms with E-state index in [4.69, 9.17) is 14.5 Å². The number of para-hydroxylation sites is 1. The van der Waals surface area contributed by atoms with Gasteiger partial charge < -0.3 is 9.47 Å². The topological polar surface area (TPSA) is 64.0 Å². The van der Waals surface area contributed by atoms with E-state index in [0.717, 1.165) is 39.0 Å². The van der Waals surface area contributed by atoms with Gasteiger partial charge in [0, 0.05) is 29.0 Å². The van der Waals surface area contributed by atoms with Crippen molar-refractivity contribution >= 4 is 22.7 Å². The van der Waals surface area contributed by atoms with Crippen LogP contribution in [0.2, 0.25) is 0 Å². The first-order valence-corrected chi connectivity index (χ1v) is 10.3. The fourth-order valence-corrected chi connectivity index (χ4v) is 3.78. The molecule has 1 aliphatic heterocycles. The second kappa shape index (κ2) is 8.15. The van der Waals surface area contributed by atoms with Crippen LogP contribution in [0.15, 0.2) is 90.0 Å². The third-order valence-electron chi connectivity index (χ3n) is 5.39. The average molecular weight is 423 g/mol. The van der Waals surface area contributed by atoms with E-state index in [0.29, 0.717) is 5.90 Å². The van der Waals surface area contributed by atoms with Gasteiger partial charge in [-0.2, -0.15) is 5.01 Å². The van der Waals surface area contributed by atoms with Gasteiger partial charge in [-0.3, -0.25) is 4.79 Å².